The fourth-order valence-electron chi connectivity index (χ4n) is 7.00. The maximum atomic E-state index is 5.71. The van der Waals surface area contributed by atoms with Gasteiger partial charge in [0.15, 0.2) is 0 Å². The summed E-state index contributed by atoms with van der Waals surface area (Å²) in [6, 6.07) is 8.41. The molecule has 1 aromatic carbocycles. The Bertz CT molecular complexity index is 731. The van der Waals surface area contributed by atoms with Crippen LogP contribution in [0.5, 0.6) is 5.75 Å². The maximum absolute atomic E-state index is 5.71. The standard InChI is InChI=1S/C31H46O/c1-3-5-6-7-8-26-9-13-28(14-10-26)31-22-19-30(20-23-31,21-24-31)18-17-27-11-15-29(16-12-27)32-25-4-2/h11-12,15-16,26,28H,3-10,13-14,19-25H2,1-2H3/t26-,28-,30?,31?. The van der Waals surface area contributed by atoms with Gasteiger partial charge in [0.1, 0.15) is 5.75 Å². The normalized spacial score (nSPS) is 31.7. The minimum atomic E-state index is 0.301. The van der Waals surface area contributed by atoms with Crippen molar-refractivity contribution in [1.29, 1.82) is 0 Å². The zero-order chi connectivity index (χ0) is 22.3. The Labute approximate surface area is 198 Å². The van der Waals surface area contributed by atoms with Gasteiger partial charge < -0.3 is 4.74 Å². The SMILES string of the molecule is CCCCCC[C@H]1CC[C@H](C23CCC(C#Cc4ccc(OCCC)cc4)(CC2)CC3)CC1. The van der Waals surface area contributed by atoms with Crippen molar-refractivity contribution in [3.63, 3.8) is 0 Å². The molecule has 32 heavy (non-hydrogen) atoms. The van der Waals surface area contributed by atoms with Crippen LogP contribution in [0.2, 0.25) is 0 Å². The molecule has 4 fully saturated rings. The second-order valence-corrected chi connectivity index (χ2v) is 11.3. The van der Waals surface area contributed by atoms with Crippen LogP contribution >= 0.6 is 0 Å². The minimum absolute atomic E-state index is 0.301. The Morgan fingerprint density at radius 2 is 1.50 bits per heavy atom. The van der Waals surface area contributed by atoms with Crippen molar-refractivity contribution in [3.05, 3.63) is 29.8 Å². The van der Waals surface area contributed by atoms with Crippen molar-refractivity contribution >= 4 is 0 Å². The fourth-order valence-corrected chi connectivity index (χ4v) is 7.00. The van der Waals surface area contributed by atoms with E-state index < -0.39 is 0 Å². The smallest absolute Gasteiger partial charge is 0.119 e. The predicted octanol–water partition coefficient (Wildman–Crippen LogP) is 8.94. The Morgan fingerprint density at radius 1 is 0.812 bits per heavy atom. The molecule has 0 amide bonds. The first-order valence-corrected chi connectivity index (χ1v) is 13.9. The van der Waals surface area contributed by atoms with Gasteiger partial charge in [0.2, 0.25) is 0 Å². The molecule has 0 saturated heterocycles. The lowest BCUT2D eigenvalue weighted by atomic mass is 9.48. The molecule has 1 heteroatoms. The molecule has 0 radical (unpaired) electrons. The Hall–Kier alpha value is -1.42. The molecule has 0 spiro atoms. The Balaban J connectivity index is 1.26. The van der Waals surface area contributed by atoms with E-state index in [-0.39, 0.29) is 0 Å². The highest BCUT2D eigenvalue weighted by molar-refractivity contribution is 5.39. The quantitative estimate of drug-likeness (QED) is 0.278. The lowest BCUT2D eigenvalue weighted by molar-refractivity contribution is -0.0379. The molecular formula is C31H46O. The summed E-state index contributed by atoms with van der Waals surface area (Å²) in [6.45, 7) is 5.25. The van der Waals surface area contributed by atoms with Gasteiger partial charge in [-0.3, -0.25) is 0 Å². The van der Waals surface area contributed by atoms with Crippen molar-refractivity contribution < 1.29 is 4.74 Å². The van der Waals surface area contributed by atoms with Crippen molar-refractivity contribution in [2.45, 2.75) is 117 Å². The van der Waals surface area contributed by atoms with E-state index in [4.69, 9.17) is 4.74 Å². The Morgan fingerprint density at radius 3 is 2.12 bits per heavy atom. The minimum Gasteiger partial charge on any atom is -0.494 e. The first kappa shape index (κ1) is 23.7. The highest BCUT2D eigenvalue weighted by Crippen LogP contribution is 2.62. The molecule has 4 aliphatic carbocycles. The van der Waals surface area contributed by atoms with Crippen LogP contribution in [0.1, 0.15) is 122 Å². The molecule has 2 bridgehead atoms. The molecule has 1 aromatic rings. The highest BCUT2D eigenvalue weighted by atomic mass is 16.5. The van der Waals surface area contributed by atoms with Crippen LogP contribution < -0.4 is 4.74 Å². The van der Waals surface area contributed by atoms with Crippen LogP contribution in [0.3, 0.4) is 0 Å². The molecule has 176 valence electrons. The third-order valence-electron chi connectivity index (χ3n) is 9.28. The van der Waals surface area contributed by atoms with E-state index in [1.54, 1.807) is 0 Å². The third kappa shape index (κ3) is 5.73. The summed E-state index contributed by atoms with van der Waals surface area (Å²) in [5, 5.41) is 0. The number of fused-ring (bicyclic) bond motifs is 3. The van der Waals surface area contributed by atoms with Crippen molar-refractivity contribution in [3.8, 4) is 17.6 Å². The van der Waals surface area contributed by atoms with E-state index in [1.165, 1.54) is 96.3 Å². The largest absolute Gasteiger partial charge is 0.494 e. The molecule has 4 saturated carbocycles. The number of unbranched alkanes of at least 4 members (excludes halogenated alkanes) is 3. The van der Waals surface area contributed by atoms with Crippen LogP contribution in [0.15, 0.2) is 24.3 Å². The molecule has 5 rings (SSSR count). The van der Waals surface area contributed by atoms with Gasteiger partial charge in [-0.25, -0.2) is 0 Å². The summed E-state index contributed by atoms with van der Waals surface area (Å²) in [4.78, 5) is 0. The van der Waals surface area contributed by atoms with Gasteiger partial charge in [0, 0.05) is 11.0 Å². The van der Waals surface area contributed by atoms with Crippen LogP contribution in [0, 0.1) is 34.5 Å². The summed E-state index contributed by atoms with van der Waals surface area (Å²) >= 11 is 0. The van der Waals surface area contributed by atoms with E-state index in [1.807, 2.05) is 0 Å². The first-order chi connectivity index (χ1) is 15.7. The summed E-state index contributed by atoms with van der Waals surface area (Å²) < 4.78 is 5.71. The van der Waals surface area contributed by atoms with Gasteiger partial charge in [-0.05, 0) is 99.3 Å². The van der Waals surface area contributed by atoms with E-state index >= 15 is 0 Å². The summed E-state index contributed by atoms with van der Waals surface area (Å²) in [5.41, 5.74) is 2.12. The lowest BCUT2D eigenvalue weighted by Crippen LogP contribution is -2.45. The van der Waals surface area contributed by atoms with Gasteiger partial charge in [-0.15, -0.1) is 0 Å². The summed E-state index contributed by atoms with van der Waals surface area (Å²) in [5.74, 6) is 10.3. The van der Waals surface area contributed by atoms with Gasteiger partial charge in [0.05, 0.1) is 6.61 Å². The summed E-state index contributed by atoms with van der Waals surface area (Å²) in [6.07, 6.45) is 22.7. The monoisotopic (exact) mass is 434 g/mol. The van der Waals surface area contributed by atoms with Crippen molar-refractivity contribution in [1.82, 2.24) is 0 Å². The molecule has 0 aliphatic heterocycles. The second-order valence-electron chi connectivity index (χ2n) is 11.3. The molecule has 0 unspecified atom stereocenters. The molecule has 4 aliphatic rings. The van der Waals surface area contributed by atoms with Crippen LogP contribution in [0.25, 0.3) is 0 Å². The van der Waals surface area contributed by atoms with Gasteiger partial charge in [-0.2, -0.15) is 0 Å². The van der Waals surface area contributed by atoms with Gasteiger partial charge in [0.25, 0.3) is 0 Å². The van der Waals surface area contributed by atoms with Crippen molar-refractivity contribution in [2.75, 3.05) is 6.61 Å². The highest BCUT2D eigenvalue weighted by Gasteiger charge is 2.51. The molecule has 0 aromatic heterocycles. The average molecular weight is 435 g/mol. The van der Waals surface area contributed by atoms with Crippen LogP contribution in [-0.4, -0.2) is 6.61 Å². The zero-order valence-electron chi connectivity index (χ0n) is 20.9. The second kappa shape index (κ2) is 11.1. The van der Waals surface area contributed by atoms with E-state index in [9.17, 15) is 0 Å². The number of benzene rings is 1. The van der Waals surface area contributed by atoms with Crippen molar-refractivity contribution in [2.24, 2.45) is 22.7 Å². The number of rotatable bonds is 9. The number of hydrogen-bond acceptors (Lipinski definition) is 1. The first-order valence-electron chi connectivity index (χ1n) is 13.9. The molecule has 0 N–H and O–H groups in total. The van der Waals surface area contributed by atoms with Gasteiger partial charge in [-0.1, -0.05) is 70.6 Å². The molecule has 0 atom stereocenters. The fraction of sp³-hybridized carbons (Fsp3) is 0.742. The molecule has 0 heterocycles. The molecular weight excluding hydrogens is 388 g/mol. The van der Waals surface area contributed by atoms with Crippen LogP contribution in [0.4, 0.5) is 0 Å². The average Bonchev–Trinajstić information content (AvgIpc) is 2.86. The third-order valence-corrected chi connectivity index (χ3v) is 9.28. The number of hydrogen-bond donors (Lipinski definition) is 0. The number of ether oxygens (including phenoxy) is 1. The van der Waals surface area contributed by atoms with Gasteiger partial charge >= 0.3 is 0 Å². The molecule has 1 nitrogen and oxygen atoms in total. The summed E-state index contributed by atoms with van der Waals surface area (Å²) in [7, 11) is 0. The Kier molecular flexibility index (Phi) is 8.26. The topological polar surface area (TPSA) is 9.23 Å². The predicted molar refractivity (Wildman–Crippen MR) is 136 cm³/mol. The van der Waals surface area contributed by atoms with E-state index in [0.29, 0.717) is 10.8 Å². The lowest BCUT2D eigenvalue weighted by Gasteiger charge is -2.56. The van der Waals surface area contributed by atoms with E-state index in [2.05, 4.69) is 50.0 Å². The zero-order valence-corrected chi connectivity index (χ0v) is 20.9. The maximum Gasteiger partial charge on any atom is 0.119 e. The van der Waals surface area contributed by atoms with Crippen LogP contribution in [-0.2, 0) is 0 Å². The van der Waals surface area contributed by atoms with E-state index in [0.717, 1.165) is 36.2 Å².